The third kappa shape index (κ3) is 3.59. The molecule has 104 valence electrons. The molecule has 0 radical (unpaired) electrons. The molecule has 0 saturated heterocycles. The third-order valence-corrected chi connectivity index (χ3v) is 2.87. The first-order valence-electron chi connectivity index (χ1n) is 5.58. The lowest BCUT2D eigenvalue weighted by Gasteiger charge is -2.13. The Hall–Kier alpha value is -1.79. The van der Waals surface area contributed by atoms with Gasteiger partial charge in [-0.3, -0.25) is 4.79 Å². The number of aromatic carboxylic acids is 1. The maximum atomic E-state index is 11.7. The van der Waals surface area contributed by atoms with Gasteiger partial charge < -0.3 is 20.9 Å². The molecule has 1 aromatic rings. The van der Waals surface area contributed by atoms with Crippen LogP contribution in [0.25, 0.3) is 0 Å². The van der Waals surface area contributed by atoms with Crippen molar-refractivity contribution in [3.05, 3.63) is 22.7 Å². The number of benzene rings is 1. The average Bonchev–Trinajstić information content (AvgIpc) is 2.39. The van der Waals surface area contributed by atoms with E-state index in [9.17, 15) is 9.59 Å². The van der Waals surface area contributed by atoms with E-state index >= 15 is 0 Å². The third-order valence-electron chi connectivity index (χ3n) is 2.55. The summed E-state index contributed by atoms with van der Waals surface area (Å²) in [5.41, 5.74) is 5.77. The van der Waals surface area contributed by atoms with Crippen molar-refractivity contribution in [2.24, 2.45) is 5.73 Å². The number of ether oxygens (including phenoxy) is 1. The van der Waals surface area contributed by atoms with Crippen molar-refractivity contribution in [3.8, 4) is 5.75 Å². The zero-order valence-corrected chi connectivity index (χ0v) is 11.3. The number of hydrogen-bond acceptors (Lipinski definition) is 4. The van der Waals surface area contributed by atoms with Crippen LogP contribution in [0.1, 0.15) is 23.7 Å². The molecule has 0 bridgehead atoms. The normalized spacial score (nSPS) is 11.8. The number of methoxy groups -OCH3 is 1. The number of hydrogen-bond donors (Lipinski definition) is 3. The van der Waals surface area contributed by atoms with Crippen LogP contribution in [0.15, 0.2) is 12.1 Å². The second-order valence-corrected chi connectivity index (χ2v) is 4.25. The van der Waals surface area contributed by atoms with Gasteiger partial charge in [-0.2, -0.15) is 0 Å². The summed E-state index contributed by atoms with van der Waals surface area (Å²) in [6.07, 6.45) is 0.480. The Labute approximate surface area is 115 Å². The van der Waals surface area contributed by atoms with Gasteiger partial charge in [0.1, 0.15) is 11.3 Å². The summed E-state index contributed by atoms with van der Waals surface area (Å²) >= 11 is 5.92. The van der Waals surface area contributed by atoms with Crippen LogP contribution in [0.5, 0.6) is 5.75 Å². The molecule has 6 nitrogen and oxygen atoms in total. The van der Waals surface area contributed by atoms with Gasteiger partial charge in [-0.1, -0.05) is 18.5 Å². The highest BCUT2D eigenvalue weighted by atomic mass is 35.5. The first kappa shape index (κ1) is 15.3. The Balaban J connectivity index is 3.10. The zero-order valence-electron chi connectivity index (χ0n) is 10.6. The van der Waals surface area contributed by atoms with E-state index in [0.29, 0.717) is 6.42 Å². The molecule has 0 aromatic heterocycles. The van der Waals surface area contributed by atoms with Gasteiger partial charge in [0.15, 0.2) is 0 Å². The number of nitrogens with one attached hydrogen (secondary N) is 1. The maximum absolute atomic E-state index is 11.7. The van der Waals surface area contributed by atoms with Crippen molar-refractivity contribution < 1.29 is 19.4 Å². The number of nitrogens with two attached hydrogens (primary N) is 1. The lowest BCUT2D eigenvalue weighted by atomic mass is 10.1. The molecular formula is C12H15ClN2O4. The molecule has 0 fully saturated rings. The van der Waals surface area contributed by atoms with Crippen LogP contribution in [0.3, 0.4) is 0 Å². The second kappa shape index (κ2) is 6.40. The summed E-state index contributed by atoms with van der Waals surface area (Å²) in [6, 6.07) is 1.92. The Kier molecular flexibility index (Phi) is 5.14. The molecule has 7 heteroatoms. The summed E-state index contributed by atoms with van der Waals surface area (Å²) < 4.78 is 4.95. The summed E-state index contributed by atoms with van der Waals surface area (Å²) in [7, 11) is 1.33. The zero-order chi connectivity index (χ0) is 14.6. The van der Waals surface area contributed by atoms with Crippen molar-refractivity contribution in [3.63, 3.8) is 0 Å². The van der Waals surface area contributed by atoms with Gasteiger partial charge in [0, 0.05) is 6.07 Å². The fourth-order valence-corrected chi connectivity index (χ4v) is 1.61. The predicted octanol–water partition coefficient (Wildman–Crippen LogP) is 1.72. The Morgan fingerprint density at radius 1 is 1.53 bits per heavy atom. The number of rotatable bonds is 5. The molecule has 0 aliphatic carbocycles. The van der Waals surface area contributed by atoms with Gasteiger partial charge in [-0.15, -0.1) is 0 Å². The standard InChI is InChI=1S/C12H15ClN2O4/c1-3-8(14)11(16)15-9-5-10(19-2)6(12(17)18)4-7(9)13/h4-5,8H,3,14H2,1-2H3,(H,15,16)(H,17,18)/t8-/m0/s1. The average molecular weight is 287 g/mol. The van der Waals surface area contributed by atoms with E-state index in [1.165, 1.54) is 19.2 Å². The fourth-order valence-electron chi connectivity index (χ4n) is 1.40. The van der Waals surface area contributed by atoms with E-state index in [-0.39, 0.29) is 22.0 Å². The van der Waals surface area contributed by atoms with Crippen LogP contribution < -0.4 is 15.8 Å². The number of carboxylic acid groups (broad SMARTS) is 1. The largest absolute Gasteiger partial charge is 0.496 e. The Morgan fingerprint density at radius 2 is 2.16 bits per heavy atom. The molecule has 0 unspecified atom stereocenters. The van der Waals surface area contributed by atoms with Crippen LogP contribution in [0.4, 0.5) is 5.69 Å². The minimum atomic E-state index is -1.16. The quantitative estimate of drug-likeness (QED) is 0.765. The van der Waals surface area contributed by atoms with Crippen LogP contribution in [0.2, 0.25) is 5.02 Å². The van der Waals surface area contributed by atoms with Crippen LogP contribution in [-0.2, 0) is 4.79 Å². The highest BCUT2D eigenvalue weighted by Gasteiger charge is 2.18. The minimum Gasteiger partial charge on any atom is -0.496 e. The molecule has 1 amide bonds. The first-order valence-corrected chi connectivity index (χ1v) is 5.95. The minimum absolute atomic E-state index is 0.0784. The summed E-state index contributed by atoms with van der Waals surface area (Å²) in [5, 5.41) is 11.6. The van der Waals surface area contributed by atoms with Crippen LogP contribution in [0, 0.1) is 0 Å². The lowest BCUT2D eigenvalue weighted by Crippen LogP contribution is -2.34. The van der Waals surface area contributed by atoms with Crippen molar-refractivity contribution in [1.29, 1.82) is 0 Å². The van der Waals surface area contributed by atoms with Crippen molar-refractivity contribution >= 4 is 29.2 Å². The Bertz CT molecular complexity index is 505. The molecule has 0 spiro atoms. The Morgan fingerprint density at radius 3 is 2.63 bits per heavy atom. The fraction of sp³-hybridized carbons (Fsp3) is 0.333. The molecule has 1 aromatic carbocycles. The van der Waals surface area contributed by atoms with E-state index in [2.05, 4.69) is 5.32 Å². The number of halogens is 1. The van der Waals surface area contributed by atoms with Gasteiger partial charge >= 0.3 is 5.97 Å². The van der Waals surface area contributed by atoms with E-state index < -0.39 is 17.9 Å². The molecule has 4 N–H and O–H groups in total. The molecule has 19 heavy (non-hydrogen) atoms. The van der Waals surface area contributed by atoms with Gasteiger partial charge in [-0.25, -0.2) is 4.79 Å². The van der Waals surface area contributed by atoms with Gasteiger partial charge in [0.2, 0.25) is 5.91 Å². The van der Waals surface area contributed by atoms with E-state index in [1.807, 2.05) is 0 Å². The van der Waals surface area contributed by atoms with E-state index in [1.54, 1.807) is 6.92 Å². The molecule has 0 aliphatic rings. The summed E-state index contributed by atoms with van der Waals surface area (Å²) in [6.45, 7) is 1.78. The molecule has 0 aliphatic heterocycles. The monoisotopic (exact) mass is 286 g/mol. The molecule has 1 atom stereocenters. The lowest BCUT2D eigenvalue weighted by molar-refractivity contribution is -0.117. The smallest absolute Gasteiger partial charge is 0.339 e. The molecule has 0 saturated carbocycles. The topological polar surface area (TPSA) is 102 Å². The number of carboxylic acids is 1. The van der Waals surface area contributed by atoms with Crippen molar-refractivity contribution in [1.82, 2.24) is 0 Å². The summed E-state index contributed by atoms with van der Waals surface area (Å²) in [4.78, 5) is 22.6. The number of anilines is 1. The van der Waals surface area contributed by atoms with Crippen LogP contribution in [-0.4, -0.2) is 30.1 Å². The number of carbonyl (C=O) groups excluding carboxylic acids is 1. The number of carbonyl (C=O) groups is 2. The number of amides is 1. The van der Waals surface area contributed by atoms with E-state index in [0.717, 1.165) is 0 Å². The van der Waals surface area contributed by atoms with Gasteiger partial charge in [-0.05, 0) is 12.5 Å². The maximum Gasteiger partial charge on any atom is 0.339 e. The van der Waals surface area contributed by atoms with Crippen LogP contribution >= 0.6 is 11.6 Å². The van der Waals surface area contributed by atoms with Crippen molar-refractivity contribution in [2.75, 3.05) is 12.4 Å². The molecule has 1 rings (SSSR count). The molecular weight excluding hydrogens is 272 g/mol. The second-order valence-electron chi connectivity index (χ2n) is 3.84. The highest BCUT2D eigenvalue weighted by Crippen LogP contribution is 2.31. The van der Waals surface area contributed by atoms with Gasteiger partial charge in [0.25, 0.3) is 0 Å². The first-order chi connectivity index (χ1) is 8.90. The summed E-state index contributed by atoms with van der Waals surface area (Å²) in [5.74, 6) is -1.45. The van der Waals surface area contributed by atoms with Crippen molar-refractivity contribution in [2.45, 2.75) is 19.4 Å². The SMILES string of the molecule is CC[C@H](N)C(=O)Nc1cc(OC)c(C(=O)O)cc1Cl. The molecule has 0 heterocycles. The van der Waals surface area contributed by atoms with Gasteiger partial charge in [0.05, 0.1) is 23.9 Å². The van der Waals surface area contributed by atoms with E-state index in [4.69, 9.17) is 27.2 Å². The highest BCUT2D eigenvalue weighted by molar-refractivity contribution is 6.34. The predicted molar refractivity (Wildman–Crippen MR) is 71.9 cm³/mol.